The summed E-state index contributed by atoms with van der Waals surface area (Å²) in [6, 6.07) is 11.7. The van der Waals surface area contributed by atoms with Crippen molar-refractivity contribution in [2.75, 3.05) is 38.2 Å². The molecule has 0 spiro atoms. The van der Waals surface area contributed by atoms with E-state index in [1.165, 1.54) is 0 Å². The van der Waals surface area contributed by atoms with Crippen LogP contribution in [-0.4, -0.2) is 50.2 Å². The summed E-state index contributed by atoms with van der Waals surface area (Å²) in [5.41, 5.74) is 2.96. The van der Waals surface area contributed by atoms with E-state index in [1.807, 2.05) is 55.1 Å². The first-order valence-corrected chi connectivity index (χ1v) is 9.88. The Morgan fingerprint density at radius 3 is 2.29 bits per heavy atom. The largest absolute Gasteiger partial charge is 0.495 e. The number of hydrogen-bond donors (Lipinski definition) is 0. The fourth-order valence-corrected chi connectivity index (χ4v) is 3.65. The number of benzene rings is 2. The van der Waals surface area contributed by atoms with Gasteiger partial charge in [0, 0.05) is 31.2 Å². The van der Waals surface area contributed by atoms with Crippen molar-refractivity contribution in [2.24, 2.45) is 0 Å². The summed E-state index contributed by atoms with van der Waals surface area (Å²) in [6.45, 7) is 8.51. The molecule has 1 amide bonds. The monoisotopic (exact) mass is 402 g/mol. The molecule has 0 aromatic heterocycles. The summed E-state index contributed by atoms with van der Waals surface area (Å²) in [5.74, 6) is 1.53. The summed E-state index contributed by atoms with van der Waals surface area (Å²) < 4.78 is 11.4. The maximum Gasteiger partial charge on any atom is 0.263 e. The zero-order valence-corrected chi connectivity index (χ0v) is 17.6. The number of methoxy groups -OCH3 is 1. The van der Waals surface area contributed by atoms with Crippen molar-refractivity contribution in [3.05, 3.63) is 52.5 Å². The number of hydrogen-bond acceptors (Lipinski definition) is 4. The van der Waals surface area contributed by atoms with Gasteiger partial charge in [0.05, 0.1) is 12.8 Å². The number of rotatable bonds is 5. The van der Waals surface area contributed by atoms with Gasteiger partial charge in [0.1, 0.15) is 11.5 Å². The predicted octanol–water partition coefficient (Wildman–Crippen LogP) is 4.08. The van der Waals surface area contributed by atoms with E-state index in [2.05, 4.69) is 4.90 Å². The van der Waals surface area contributed by atoms with Gasteiger partial charge in [-0.25, -0.2) is 0 Å². The van der Waals surface area contributed by atoms with Gasteiger partial charge in [0.25, 0.3) is 5.91 Å². The fourth-order valence-electron chi connectivity index (χ4n) is 3.54. The first kappa shape index (κ1) is 20.3. The lowest BCUT2D eigenvalue weighted by Gasteiger charge is -2.37. The van der Waals surface area contributed by atoms with Crippen molar-refractivity contribution >= 4 is 23.2 Å². The molecule has 1 aliphatic heterocycles. The molecule has 1 unspecified atom stereocenters. The SMILES string of the molecule is COc1ccccc1N1CCN(C(=O)C(C)Oc2cc(C)c(Cl)c(C)c2)CC1. The third-order valence-corrected chi connectivity index (χ3v) is 5.68. The van der Waals surface area contributed by atoms with E-state index in [9.17, 15) is 4.79 Å². The van der Waals surface area contributed by atoms with Crippen LogP contribution in [0.3, 0.4) is 0 Å². The van der Waals surface area contributed by atoms with Crippen LogP contribution in [-0.2, 0) is 4.79 Å². The normalized spacial score (nSPS) is 15.3. The molecule has 28 heavy (non-hydrogen) atoms. The van der Waals surface area contributed by atoms with E-state index in [4.69, 9.17) is 21.1 Å². The molecule has 1 aliphatic rings. The number of ether oxygens (including phenoxy) is 2. The Bertz CT molecular complexity index is 824. The number of nitrogens with zero attached hydrogens (tertiary/aromatic N) is 2. The highest BCUT2D eigenvalue weighted by Gasteiger charge is 2.27. The van der Waals surface area contributed by atoms with E-state index < -0.39 is 6.10 Å². The topological polar surface area (TPSA) is 42.0 Å². The Morgan fingerprint density at radius 2 is 1.68 bits per heavy atom. The average molecular weight is 403 g/mol. The number of amides is 1. The lowest BCUT2D eigenvalue weighted by Crippen LogP contribution is -2.52. The van der Waals surface area contributed by atoms with E-state index >= 15 is 0 Å². The third kappa shape index (κ3) is 4.36. The standard InChI is InChI=1S/C22H27ClN2O3/c1-15-13-18(14-16(2)21(15)23)28-17(3)22(26)25-11-9-24(10-12-25)19-7-5-6-8-20(19)27-4/h5-8,13-14,17H,9-12H2,1-4H3. The maximum atomic E-state index is 12.8. The Morgan fingerprint density at radius 1 is 1.07 bits per heavy atom. The molecule has 1 atom stereocenters. The van der Waals surface area contributed by atoms with Crippen LogP contribution >= 0.6 is 11.6 Å². The molecule has 2 aromatic carbocycles. The number of halogens is 1. The van der Waals surface area contributed by atoms with Crippen LogP contribution < -0.4 is 14.4 Å². The molecule has 5 nitrogen and oxygen atoms in total. The first-order valence-electron chi connectivity index (χ1n) is 9.51. The highest BCUT2D eigenvalue weighted by atomic mass is 35.5. The van der Waals surface area contributed by atoms with E-state index in [-0.39, 0.29) is 5.91 Å². The second-order valence-corrected chi connectivity index (χ2v) is 7.49. The number of aryl methyl sites for hydroxylation is 2. The molecule has 1 fully saturated rings. The maximum absolute atomic E-state index is 12.8. The minimum atomic E-state index is -0.544. The Hall–Kier alpha value is -2.40. The second-order valence-electron chi connectivity index (χ2n) is 7.12. The summed E-state index contributed by atoms with van der Waals surface area (Å²) in [5, 5.41) is 0.735. The minimum absolute atomic E-state index is 0.00457. The lowest BCUT2D eigenvalue weighted by molar-refractivity contribution is -0.138. The van der Waals surface area contributed by atoms with Crippen molar-refractivity contribution < 1.29 is 14.3 Å². The van der Waals surface area contributed by atoms with E-state index in [0.717, 1.165) is 40.7 Å². The first-order chi connectivity index (χ1) is 13.4. The van der Waals surface area contributed by atoms with Crippen molar-refractivity contribution in [3.63, 3.8) is 0 Å². The van der Waals surface area contributed by atoms with Crippen LogP contribution in [0.5, 0.6) is 11.5 Å². The van der Waals surface area contributed by atoms with Crippen molar-refractivity contribution in [1.82, 2.24) is 4.90 Å². The van der Waals surface area contributed by atoms with Gasteiger partial charge in [-0.05, 0) is 56.2 Å². The molecule has 0 bridgehead atoms. The summed E-state index contributed by atoms with van der Waals surface area (Å²) in [6.07, 6.45) is -0.544. The van der Waals surface area contributed by atoms with E-state index in [0.29, 0.717) is 18.8 Å². The van der Waals surface area contributed by atoms with Crippen LogP contribution in [0.15, 0.2) is 36.4 Å². The Balaban J connectivity index is 1.60. The molecule has 6 heteroatoms. The Kier molecular flexibility index (Phi) is 6.35. The third-order valence-electron chi connectivity index (χ3n) is 5.09. The van der Waals surface area contributed by atoms with Crippen LogP contribution in [0.1, 0.15) is 18.1 Å². The van der Waals surface area contributed by atoms with Gasteiger partial charge in [0.2, 0.25) is 0 Å². The molecule has 2 aromatic rings. The van der Waals surface area contributed by atoms with Crippen LogP contribution in [0.4, 0.5) is 5.69 Å². The van der Waals surface area contributed by atoms with Gasteiger partial charge in [-0.2, -0.15) is 0 Å². The number of para-hydroxylation sites is 2. The quantitative estimate of drug-likeness (QED) is 0.755. The van der Waals surface area contributed by atoms with Crippen LogP contribution in [0.2, 0.25) is 5.02 Å². The zero-order valence-electron chi connectivity index (χ0n) is 16.9. The molecular formula is C22H27ClN2O3. The van der Waals surface area contributed by atoms with Gasteiger partial charge in [-0.3, -0.25) is 4.79 Å². The van der Waals surface area contributed by atoms with Crippen molar-refractivity contribution in [1.29, 1.82) is 0 Å². The number of piperazine rings is 1. The highest BCUT2D eigenvalue weighted by Crippen LogP contribution is 2.29. The van der Waals surface area contributed by atoms with Gasteiger partial charge in [-0.15, -0.1) is 0 Å². The molecule has 150 valence electrons. The number of carbonyl (C=O) groups is 1. The smallest absolute Gasteiger partial charge is 0.263 e. The summed E-state index contributed by atoms with van der Waals surface area (Å²) >= 11 is 6.21. The Labute approximate surface area is 171 Å². The van der Waals surface area contributed by atoms with Gasteiger partial charge in [0.15, 0.2) is 6.10 Å². The van der Waals surface area contributed by atoms with Crippen LogP contribution in [0, 0.1) is 13.8 Å². The molecule has 0 radical (unpaired) electrons. The van der Waals surface area contributed by atoms with Gasteiger partial charge in [-0.1, -0.05) is 23.7 Å². The predicted molar refractivity (Wildman–Crippen MR) is 113 cm³/mol. The molecule has 0 N–H and O–H groups in total. The van der Waals surface area contributed by atoms with Gasteiger partial charge < -0.3 is 19.3 Å². The van der Waals surface area contributed by atoms with E-state index in [1.54, 1.807) is 14.0 Å². The number of carbonyl (C=O) groups excluding carboxylic acids is 1. The van der Waals surface area contributed by atoms with Gasteiger partial charge >= 0.3 is 0 Å². The average Bonchev–Trinajstić information content (AvgIpc) is 2.71. The molecule has 3 rings (SSSR count). The number of anilines is 1. The molecule has 0 saturated carbocycles. The molecule has 1 heterocycles. The molecular weight excluding hydrogens is 376 g/mol. The molecule has 0 aliphatic carbocycles. The second kappa shape index (κ2) is 8.74. The lowest BCUT2D eigenvalue weighted by atomic mass is 10.1. The minimum Gasteiger partial charge on any atom is -0.495 e. The van der Waals surface area contributed by atoms with Crippen LogP contribution in [0.25, 0.3) is 0 Å². The molecule has 1 saturated heterocycles. The summed E-state index contributed by atoms with van der Waals surface area (Å²) in [7, 11) is 1.68. The zero-order chi connectivity index (χ0) is 20.3. The summed E-state index contributed by atoms with van der Waals surface area (Å²) in [4.78, 5) is 17.0. The fraction of sp³-hybridized carbons (Fsp3) is 0.409. The highest BCUT2D eigenvalue weighted by molar-refractivity contribution is 6.32. The van der Waals surface area contributed by atoms with Crippen molar-refractivity contribution in [3.8, 4) is 11.5 Å². The van der Waals surface area contributed by atoms with Crippen molar-refractivity contribution in [2.45, 2.75) is 26.9 Å².